The molecule has 4 atom stereocenters. The molecule has 2 aliphatic carbocycles. The summed E-state index contributed by atoms with van der Waals surface area (Å²) in [5.74, 6) is -2.37. The summed E-state index contributed by atoms with van der Waals surface area (Å²) < 4.78 is 4.81. The summed E-state index contributed by atoms with van der Waals surface area (Å²) >= 11 is 5.87. The number of ether oxygens (including phenoxy) is 1. The summed E-state index contributed by atoms with van der Waals surface area (Å²) in [5.41, 5.74) is -3.05. The number of hydrogen-bond donors (Lipinski definition) is 1. The zero-order valence-corrected chi connectivity index (χ0v) is 13.7. The number of hydrogen-bond acceptors (Lipinski definition) is 6. The normalized spacial score (nSPS) is 34.9. The molecule has 1 N–H and O–H groups in total. The number of benzene rings is 1. The van der Waals surface area contributed by atoms with Crippen molar-refractivity contribution in [3.05, 3.63) is 45.0 Å². The van der Waals surface area contributed by atoms with Crippen LogP contribution in [0, 0.1) is 15.5 Å². The van der Waals surface area contributed by atoms with E-state index in [2.05, 4.69) is 0 Å². The molecule has 1 aromatic carbocycles. The van der Waals surface area contributed by atoms with Gasteiger partial charge in [-0.2, -0.15) is 0 Å². The highest BCUT2D eigenvalue weighted by molar-refractivity contribution is 6.30. The van der Waals surface area contributed by atoms with Crippen LogP contribution < -0.4 is 0 Å². The zero-order chi connectivity index (χ0) is 17.7. The first kappa shape index (κ1) is 16.9. The van der Waals surface area contributed by atoms with E-state index in [1.165, 1.54) is 12.1 Å². The van der Waals surface area contributed by atoms with Gasteiger partial charge in [0.15, 0.2) is 5.78 Å². The topological polar surface area (TPSA) is 107 Å². The van der Waals surface area contributed by atoms with Crippen molar-refractivity contribution in [2.45, 2.75) is 36.8 Å². The van der Waals surface area contributed by atoms with Crippen LogP contribution in [-0.2, 0) is 14.3 Å². The molecule has 2 fully saturated rings. The molecule has 0 aliphatic heterocycles. The Morgan fingerprint density at radius 1 is 1.42 bits per heavy atom. The number of fused-ring (bicyclic) bond motifs is 2. The number of methoxy groups -OCH3 is 1. The summed E-state index contributed by atoms with van der Waals surface area (Å²) in [6, 6.07) is 4.70. The van der Waals surface area contributed by atoms with Crippen LogP contribution in [0.4, 0.5) is 0 Å². The maximum absolute atomic E-state index is 12.7. The molecule has 128 valence electrons. The van der Waals surface area contributed by atoms with Gasteiger partial charge in [0.1, 0.15) is 11.0 Å². The Bertz CT molecular complexity index is 710. The second kappa shape index (κ2) is 5.53. The van der Waals surface area contributed by atoms with Gasteiger partial charge in [0.25, 0.3) is 0 Å². The Kier molecular flexibility index (Phi) is 3.88. The van der Waals surface area contributed by atoms with E-state index in [-0.39, 0.29) is 19.3 Å². The summed E-state index contributed by atoms with van der Waals surface area (Å²) in [6.45, 7) is 0. The first-order valence-electron chi connectivity index (χ1n) is 7.49. The van der Waals surface area contributed by atoms with Crippen molar-refractivity contribution in [3.8, 4) is 0 Å². The maximum Gasteiger partial charge on any atom is 0.320 e. The Morgan fingerprint density at radius 3 is 2.58 bits per heavy atom. The molecule has 0 radical (unpaired) electrons. The van der Waals surface area contributed by atoms with E-state index in [9.17, 15) is 24.8 Å². The van der Waals surface area contributed by atoms with Gasteiger partial charge < -0.3 is 9.84 Å². The SMILES string of the molecule is COC(=O)[C@@]12C[C@@](O)(CCC1=O)[C@H]([N+](=O)[O-])[C@@H]2c1ccc(Cl)cc1. The van der Waals surface area contributed by atoms with Gasteiger partial charge in [-0.15, -0.1) is 0 Å². The van der Waals surface area contributed by atoms with Crippen molar-refractivity contribution in [3.63, 3.8) is 0 Å². The van der Waals surface area contributed by atoms with Gasteiger partial charge in [-0.25, -0.2) is 0 Å². The van der Waals surface area contributed by atoms with Gasteiger partial charge in [0.05, 0.1) is 13.0 Å². The van der Waals surface area contributed by atoms with Crippen molar-refractivity contribution in [2.75, 3.05) is 7.11 Å². The van der Waals surface area contributed by atoms with E-state index in [0.29, 0.717) is 10.6 Å². The monoisotopic (exact) mass is 353 g/mol. The minimum atomic E-state index is -1.74. The van der Waals surface area contributed by atoms with E-state index in [0.717, 1.165) is 7.11 Å². The molecule has 0 heterocycles. The summed E-state index contributed by atoms with van der Waals surface area (Å²) in [5, 5.41) is 23.0. The van der Waals surface area contributed by atoms with Crippen LogP contribution >= 0.6 is 11.6 Å². The van der Waals surface area contributed by atoms with E-state index in [4.69, 9.17) is 16.3 Å². The lowest BCUT2D eigenvalue weighted by Crippen LogP contribution is -2.47. The Hall–Kier alpha value is -1.99. The lowest BCUT2D eigenvalue weighted by atomic mass is 9.68. The van der Waals surface area contributed by atoms with Crippen molar-refractivity contribution in [2.24, 2.45) is 5.41 Å². The molecule has 0 aromatic heterocycles. The van der Waals surface area contributed by atoms with Gasteiger partial charge in [-0.3, -0.25) is 19.7 Å². The number of nitrogens with zero attached hydrogens (tertiary/aromatic N) is 1. The molecule has 24 heavy (non-hydrogen) atoms. The molecule has 1 aromatic rings. The third kappa shape index (κ3) is 2.15. The first-order valence-corrected chi connectivity index (χ1v) is 7.87. The van der Waals surface area contributed by atoms with Crippen LogP contribution in [0.1, 0.15) is 30.7 Å². The molecular weight excluding hydrogens is 338 g/mol. The Labute approximate surface area is 142 Å². The summed E-state index contributed by atoms with van der Waals surface area (Å²) in [7, 11) is 1.14. The van der Waals surface area contributed by atoms with Gasteiger partial charge in [-0.05, 0) is 24.1 Å². The third-order valence-corrected chi connectivity index (χ3v) is 5.52. The number of carbonyl (C=O) groups is 2. The highest BCUT2D eigenvalue weighted by Gasteiger charge is 2.75. The van der Waals surface area contributed by atoms with Gasteiger partial charge in [0.2, 0.25) is 6.04 Å². The quantitative estimate of drug-likeness (QED) is 0.384. The predicted molar refractivity (Wildman–Crippen MR) is 83.2 cm³/mol. The Morgan fingerprint density at radius 2 is 2.04 bits per heavy atom. The van der Waals surface area contributed by atoms with Crippen molar-refractivity contribution < 1.29 is 24.4 Å². The molecule has 8 heteroatoms. The van der Waals surface area contributed by atoms with Crippen molar-refractivity contribution in [1.29, 1.82) is 0 Å². The maximum atomic E-state index is 12.7. The molecule has 0 unspecified atom stereocenters. The number of carbonyl (C=O) groups excluding carboxylic acids is 2. The fourth-order valence-corrected chi connectivity index (χ4v) is 4.41. The van der Waals surface area contributed by atoms with E-state index >= 15 is 0 Å². The number of nitro groups is 1. The lowest BCUT2D eigenvalue weighted by molar-refractivity contribution is -0.544. The number of aliphatic hydroxyl groups is 1. The van der Waals surface area contributed by atoms with Crippen LogP contribution in [0.2, 0.25) is 5.02 Å². The third-order valence-electron chi connectivity index (χ3n) is 5.27. The standard InChI is InChI=1S/C16H16ClNO6/c1-24-14(20)16-8-15(21,7-6-11(16)19)13(18(22)23)12(16)9-2-4-10(17)5-3-9/h2-5,12-13,21H,6-8H2,1H3/t12-,13+,15-,16-/m0/s1. The number of ketones is 1. The van der Waals surface area contributed by atoms with Crippen LogP contribution in [0.5, 0.6) is 0 Å². The summed E-state index contributed by atoms with van der Waals surface area (Å²) in [6.07, 6.45) is -0.440. The van der Waals surface area contributed by atoms with Gasteiger partial charge in [0, 0.05) is 22.8 Å². The lowest BCUT2D eigenvalue weighted by Gasteiger charge is -2.33. The van der Waals surface area contributed by atoms with Crippen LogP contribution in [0.25, 0.3) is 0 Å². The largest absolute Gasteiger partial charge is 0.468 e. The molecule has 3 rings (SSSR count). The zero-order valence-electron chi connectivity index (χ0n) is 12.9. The molecule has 2 bridgehead atoms. The molecular formula is C16H16ClNO6. The first-order chi connectivity index (χ1) is 11.3. The number of esters is 1. The number of Topliss-reactive ketones (excluding diaryl/α,β-unsaturated/α-hetero) is 1. The Balaban J connectivity index is 2.25. The van der Waals surface area contributed by atoms with Crippen molar-refractivity contribution >= 4 is 23.4 Å². The molecule has 2 aliphatic rings. The van der Waals surface area contributed by atoms with E-state index < -0.39 is 39.7 Å². The van der Waals surface area contributed by atoms with E-state index in [1.54, 1.807) is 12.1 Å². The average Bonchev–Trinajstić information content (AvgIpc) is 2.78. The fourth-order valence-electron chi connectivity index (χ4n) is 4.29. The summed E-state index contributed by atoms with van der Waals surface area (Å²) in [4.78, 5) is 36.3. The highest BCUT2D eigenvalue weighted by atomic mass is 35.5. The minimum absolute atomic E-state index is 0.0414. The average molecular weight is 354 g/mol. The molecule has 0 spiro atoms. The second-order valence-corrected chi connectivity index (χ2v) is 6.86. The second-order valence-electron chi connectivity index (χ2n) is 6.43. The molecule has 0 saturated heterocycles. The minimum Gasteiger partial charge on any atom is -0.468 e. The van der Waals surface area contributed by atoms with Crippen LogP contribution in [0.3, 0.4) is 0 Å². The van der Waals surface area contributed by atoms with Crippen LogP contribution in [-0.4, -0.2) is 40.5 Å². The molecule has 0 amide bonds. The molecule has 7 nitrogen and oxygen atoms in total. The van der Waals surface area contributed by atoms with Gasteiger partial charge >= 0.3 is 5.97 Å². The van der Waals surface area contributed by atoms with Gasteiger partial charge in [-0.1, -0.05) is 23.7 Å². The van der Waals surface area contributed by atoms with E-state index in [1.807, 2.05) is 0 Å². The van der Waals surface area contributed by atoms with Crippen molar-refractivity contribution in [1.82, 2.24) is 0 Å². The molecule has 2 saturated carbocycles. The number of rotatable bonds is 3. The smallest absolute Gasteiger partial charge is 0.320 e. The van der Waals surface area contributed by atoms with Crippen LogP contribution in [0.15, 0.2) is 24.3 Å². The number of halogens is 1. The highest BCUT2D eigenvalue weighted by Crippen LogP contribution is 2.60. The fraction of sp³-hybridized carbons (Fsp3) is 0.500. The predicted octanol–water partition coefficient (Wildman–Crippen LogP) is 1.73.